The third-order valence-electron chi connectivity index (χ3n) is 5.79. The van der Waals surface area contributed by atoms with Crippen LogP contribution in [0.1, 0.15) is 6.92 Å². The summed E-state index contributed by atoms with van der Waals surface area (Å²) in [6.45, 7) is 8.39. The summed E-state index contributed by atoms with van der Waals surface area (Å²) in [4.78, 5) is 5.26. The zero-order chi connectivity index (χ0) is 33.9. The van der Waals surface area contributed by atoms with Crippen LogP contribution in [0.3, 0.4) is 0 Å². The molecule has 0 bridgehead atoms. The predicted octanol–water partition coefficient (Wildman–Crippen LogP) is -1.29. The summed E-state index contributed by atoms with van der Waals surface area (Å²) in [6.07, 6.45) is -6.65. The van der Waals surface area contributed by atoms with Gasteiger partial charge < -0.3 is 58.3 Å². The number of nitrogens with zero attached hydrogens (tertiary/aromatic N) is 6. The Kier molecular flexibility index (Phi) is 32.9. The maximum Gasteiger partial charge on any atom is 0.111 e. The first kappa shape index (κ1) is 44.1. The zero-order valence-corrected chi connectivity index (χ0v) is 26.8. The summed E-state index contributed by atoms with van der Waals surface area (Å²) in [5.74, 6) is 0. The van der Waals surface area contributed by atoms with Gasteiger partial charge in [-0.15, -0.1) is 0 Å². The van der Waals surface area contributed by atoms with Gasteiger partial charge in [0.1, 0.15) is 18.3 Å². The van der Waals surface area contributed by atoms with Crippen LogP contribution in [0.25, 0.3) is 20.9 Å². The maximum atomic E-state index is 10.6. The molecule has 20 heteroatoms. The van der Waals surface area contributed by atoms with E-state index in [1.54, 1.807) is 0 Å². The topological polar surface area (TPSA) is 276 Å². The van der Waals surface area contributed by atoms with E-state index in [0.29, 0.717) is 106 Å². The molecular weight excluding hydrogens is 616 g/mol. The van der Waals surface area contributed by atoms with Crippen molar-refractivity contribution in [2.75, 3.05) is 132 Å². The Bertz CT molecular complexity index is 718. The van der Waals surface area contributed by atoms with Crippen molar-refractivity contribution in [3.05, 3.63) is 20.9 Å². The standard InChI is InChI=1S/C26H54N8O12/c1-22(35)23(36)24(37)25(38)26(29-2-6-39-10-14-43-18-20-45-16-12-41-8-4-31-33-27)30-3-7-40-11-15-44-19-21-46-17-13-42-9-5-32-34-28/h22-26,29-30,35-38H,2-21H2,1H3/t22-,23+,24+,25-/m0/s1. The molecular formula is C26H54N8O12. The molecule has 0 aromatic heterocycles. The lowest BCUT2D eigenvalue weighted by molar-refractivity contribution is -0.112. The molecule has 4 atom stereocenters. The number of azide groups is 2. The highest BCUT2D eigenvalue weighted by Gasteiger charge is 2.33. The van der Waals surface area contributed by atoms with Crippen LogP contribution >= 0.6 is 0 Å². The summed E-state index contributed by atoms with van der Waals surface area (Å²) < 4.78 is 43.1. The first-order chi connectivity index (χ1) is 22.5. The molecule has 0 aliphatic heterocycles. The number of nitrogens with one attached hydrogen (secondary N) is 2. The van der Waals surface area contributed by atoms with Gasteiger partial charge in [-0.25, -0.2) is 0 Å². The molecule has 0 amide bonds. The van der Waals surface area contributed by atoms with Crippen molar-refractivity contribution in [1.82, 2.24) is 10.6 Å². The highest BCUT2D eigenvalue weighted by atomic mass is 16.6. The van der Waals surface area contributed by atoms with Crippen LogP contribution < -0.4 is 10.6 Å². The first-order valence-corrected chi connectivity index (χ1v) is 15.3. The molecule has 0 aromatic rings. The lowest BCUT2D eigenvalue weighted by atomic mass is 10.0. The smallest absolute Gasteiger partial charge is 0.111 e. The van der Waals surface area contributed by atoms with E-state index in [-0.39, 0.29) is 26.3 Å². The Hall–Kier alpha value is -1.94. The Labute approximate surface area is 269 Å². The highest BCUT2D eigenvalue weighted by Crippen LogP contribution is 2.07. The van der Waals surface area contributed by atoms with Crippen LogP contribution in [0.5, 0.6) is 0 Å². The molecule has 0 aliphatic carbocycles. The van der Waals surface area contributed by atoms with E-state index in [0.717, 1.165) is 0 Å². The van der Waals surface area contributed by atoms with E-state index in [4.69, 9.17) is 49.0 Å². The number of aliphatic hydroxyl groups excluding tert-OH is 4. The molecule has 0 spiro atoms. The fourth-order valence-electron chi connectivity index (χ4n) is 3.40. The van der Waals surface area contributed by atoms with Crippen molar-refractivity contribution in [2.24, 2.45) is 10.2 Å². The first-order valence-electron chi connectivity index (χ1n) is 15.3. The normalized spacial score (nSPS) is 14.6. The SMILES string of the molecule is C[C@H](O)[C@@H](O)[C@@H](O)[C@H](O)C(NCCOCCOCCOCCOCCN=[N+]=[N-])NCCOCCOCCOCCOCCN=[N+]=[N-]. The number of hydrogen-bond acceptors (Lipinski definition) is 16. The fourth-order valence-corrected chi connectivity index (χ4v) is 3.40. The van der Waals surface area contributed by atoms with E-state index >= 15 is 0 Å². The van der Waals surface area contributed by atoms with Crippen LogP contribution in [0.4, 0.5) is 0 Å². The number of aliphatic hydroxyl groups is 4. The van der Waals surface area contributed by atoms with Crippen LogP contribution in [-0.2, 0) is 37.9 Å². The third kappa shape index (κ3) is 28.3. The zero-order valence-electron chi connectivity index (χ0n) is 26.8. The van der Waals surface area contributed by atoms with Gasteiger partial charge in [0, 0.05) is 36.0 Å². The molecule has 6 N–H and O–H groups in total. The second-order valence-electron chi connectivity index (χ2n) is 9.41. The van der Waals surface area contributed by atoms with Crippen LogP contribution in [-0.4, -0.2) is 183 Å². The predicted molar refractivity (Wildman–Crippen MR) is 164 cm³/mol. The molecule has 0 heterocycles. The Morgan fingerprint density at radius 2 is 0.783 bits per heavy atom. The van der Waals surface area contributed by atoms with E-state index in [1.165, 1.54) is 6.92 Å². The molecule has 20 nitrogen and oxygen atoms in total. The second-order valence-corrected chi connectivity index (χ2v) is 9.41. The van der Waals surface area contributed by atoms with Crippen LogP contribution in [0.2, 0.25) is 0 Å². The molecule has 0 saturated heterocycles. The molecule has 0 saturated carbocycles. The van der Waals surface area contributed by atoms with Gasteiger partial charge in [0.25, 0.3) is 0 Å². The largest absolute Gasteiger partial charge is 0.391 e. The van der Waals surface area contributed by atoms with Gasteiger partial charge in [-0.3, -0.25) is 10.6 Å². The van der Waals surface area contributed by atoms with Crippen LogP contribution in [0, 0.1) is 0 Å². The minimum Gasteiger partial charge on any atom is -0.391 e. The third-order valence-corrected chi connectivity index (χ3v) is 5.79. The van der Waals surface area contributed by atoms with Crippen molar-refractivity contribution >= 4 is 0 Å². The van der Waals surface area contributed by atoms with Gasteiger partial charge in [-0.05, 0) is 18.0 Å². The van der Waals surface area contributed by atoms with Gasteiger partial charge in [0.15, 0.2) is 0 Å². The lowest BCUT2D eigenvalue weighted by Crippen LogP contribution is -2.59. The van der Waals surface area contributed by atoms with Crippen LogP contribution in [0.15, 0.2) is 10.2 Å². The average molecular weight is 671 g/mol. The van der Waals surface area contributed by atoms with Crippen molar-refractivity contribution in [3.63, 3.8) is 0 Å². The Morgan fingerprint density at radius 3 is 1.09 bits per heavy atom. The van der Waals surface area contributed by atoms with Crippen molar-refractivity contribution in [3.8, 4) is 0 Å². The fraction of sp³-hybridized carbons (Fsp3) is 1.00. The number of rotatable bonds is 36. The molecule has 270 valence electrons. The van der Waals surface area contributed by atoms with Gasteiger partial charge in [-0.2, -0.15) is 0 Å². The summed E-state index contributed by atoms with van der Waals surface area (Å²) in [7, 11) is 0. The number of hydrogen-bond donors (Lipinski definition) is 6. The molecule has 0 radical (unpaired) electrons. The van der Waals surface area contributed by atoms with E-state index in [9.17, 15) is 20.4 Å². The van der Waals surface area contributed by atoms with Gasteiger partial charge in [0.2, 0.25) is 0 Å². The summed E-state index contributed by atoms with van der Waals surface area (Å²) in [5.41, 5.74) is 16.3. The summed E-state index contributed by atoms with van der Waals surface area (Å²) in [5, 5.41) is 53.3. The van der Waals surface area contributed by atoms with Crippen molar-refractivity contribution < 1.29 is 58.3 Å². The van der Waals surface area contributed by atoms with E-state index < -0.39 is 30.6 Å². The summed E-state index contributed by atoms with van der Waals surface area (Å²) >= 11 is 0. The van der Waals surface area contributed by atoms with E-state index in [2.05, 4.69) is 30.7 Å². The lowest BCUT2D eigenvalue weighted by Gasteiger charge is -2.31. The summed E-state index contributed by atoms with van der Waals surface area (Å²) in [6, 6.07) is 0. The minimum absolute atomic E-state index is 0.286. The maximum absolute atomic E-state index is 10.6. The van der Waals surface area contributed by atoms with Gasteiger partial charge in [-0.1, -0.05) is 10.2 Å². The molecule has 0 aliphatic rings. The molecule has 0 aromatic carbocycles. The van der Waals surface area contributed by atoms with Crippen molar-refractivity contribution in [2.45, 2.75) is 37.5 Å². The number of ether oxygens (including phenoxy) is 8. The molecule has 0 unspecified atom stereocenters. The second kappa shape index (κ2) is 34.4. The van der Waals surface area contributed by atoms with E-state index in [1.807, 2.05) is 0 Å². The Morgan fingerprint density at radius 1 is 0.478 bits per heavy atom. The van der Waals surface area contributed by atoms with Gasteiger partial charge in [0.05, 0.1) is 118 Å². The average Bonchev–Trinajstić information content (AvgIpc) is 3.05. The quantitative estimate of drug-likeness (QED) is 0.0149. The molecule has 0 rings (SSSR count). The monoisotopic (exact) mass is 670 g/mol. The van der Waals surface area contributed by atoms with Gasteiger partial charge >= 0.3 is 0 Å². The molecule has 46 heavy (non-hydrogen) atoms. The Balaban J connectivity index is 4.00. The minimum atomic E-state index is -1.60. The highest BCUT2D eigenvalue weighted by molar-refractivity contribution is 4.86. The molecule has 0 fully saturated rings. The van der Waals surface area contributed by atoms with Crippen molar-refractivity contribution in [1.29, 1.82) is 0 Å².